The minimum Gasteiger partial charge on any atom is -0.361 e. The quantitative estimate of drug-likeness (QED) is 0.680. The average molecular weight is 383 g/mol. The minimum absolute atomic E-state index is 0.176. The second-order valence-corrected chi connectivity index (χ2v) is 7.26. The van der Waals surface area contributed by atoms with Crippen LogP contribution in [0.4, 0.5) is 0 Å². The van der Waals surface area contributed by atoms with Crippen LogP contribution < -0.4 is 5.32 Å². The summed E-state index contributed by atoms with van der Waals surface area (Å²) in [5.41, 5.74) is 1.65. The molecule has 2 amide bonds. The molecule has 0 saturated carbocycles. The van der Waals surface area contributed by atoms with Gasteiger partial charge in [0.25, 0.3) is 5.91 Å². The molecule has 3 rings (SSSR count). The van der Waals surface area contributed by atoms with E-state index in [1.54, 1.807) is 31.0 Å². The van der Waals surface area contributed by atoms with E-state index in [1.165, 1.54) is 11.3 Å². The molecule has 3 aromatic rings. The Morgan fingerprint density at radius 3 is 2.63 bits per heavy atom. The van der Waals surface area contributed by atoms with Crippen molar-refractivity contribution in [3.8, 4) is 0 Å². The zero-order valence-electron chi connectivity index (χ0n) is 15.2. The van der Waals surface area contributed by atoms with Crippen LogP contribution in [0, 0.1) is 6.92 Å². The van der Waals surface area contributed by atoms with E-state index >= 15 is 0 Å². The highest BCUT2D eigenvalue weighted by atomic mass is 32.1. The van der Waals surface area contributed by atoms with Crippen molar-refractivity contribution in [3.63, 3.8) is 0 Å². The van der Waals surface area contributed by atoms with Crippen LogP contribution in [0.15, 0.2) is 58.4 Å². The standard InChI is InChI=1S/C20H21N3O3S/c1-14-11-16(22-26-14)13-23(2)20(25)17(12-15-7-4-3-5-8-15)21-19(24)18-9-6-10-27-18/h3-11,17H,12-13H2,1-2H3,(H,21,24)/t17-/m0/s1. The number of likely N-dealkylation sites (N-methyl/N-ethyl adjacent to an activating group) is 1. The molecule has 7 heteroatoms. The molecule has 0 aliphatic carbocycles. The molecule has 27 heavy (non-hydrogen) atoms. The summed E-state index contributed by atoms with van der Waals surface area (Å²) in [6.07, 6.45) is 0.416. The van der Waals surface area contributed by atoms with E-state index in [-0.39, 0.29) is 11.8 Å². The van der Waals surface area contributed by atoms with Crippen molar-refractivity contribution in [2.75, 3.05) is 7.05 Å². The minimum atomic E-state index is -0.667. The number of amides is 2. The summed E-state index contributed by atoms with van der Waals surface area (Å²) in [6, 6.07) is 14.3. The lowest BCUT2D eigenvalue weighted by Gasteiger charge is -2.24. The molecule has 2 aromatic heterocycles. The Kier molecular flexibility index (Phi) is 6.03. The van der Waals surface area contributed by atoms with Gasteiger partial charge in [-0.1, -0.05) is 41.6 Å². The van der Waals surface area contributed by atoms with E-state index in [2.05, 4.69) is 10.5 Å². The molecule has 1 N–H and O–H groups in total. The van der Waals surface area contributed by atoms with Crippen LogP contribution in [0.3, 0.4) is 0 Å². The van der Waals surface area contributed by atoms with Gasteiger partial charge in [0.15, 0.2) is 0 Å². The summed E-state index contributed by atoms with van der Waals surface area (Å²) in [5.74, 6) is 0.270. The second-order valence-electron chi connectivity index (χ2n) is 6.32. The molecule has 0 aliphatic heterocycles. The van der Waals surface area contributed by atoms with E-state index in [0.717, 1.165) is 5.56 Å². The monoisotopic (exact) mass is 383 g/mol. The zero-order valence-corrected chi connectivity index (χ0v) is 16.0. The van der Waals surface area contributed by atoms with Gasteiger partial charge in [-0.15, -0.1) is 11.3 Å². The summed E-state index contributed by atoms with van der Waals surface area (Å²) in [4.78, 5) is 27.7. The number of nitrogens with one attached hydrogen (secondary N) is 1. The van der Waals surface area contributed by atoms with Crippen LogP contribution in [-0.2, 0) is 17.8 Å². The smallest absolute Gasteiger partial charge is 0.262 e. The summed E-state index contributed by atoms with van der Waals surface area (Å²) < 4.78 is 5.06. The van der Waals surface area contributed by atoms with Gasteiger partial charge in [-0.25, -0.2) is 0 Å². The van der Waals surface area contributed by atoms with Gasteiger partial charge in [-0.3, -0.25) is 9.59 Å². The van der Waals surface area contributed by atoms with Gasteiger partial charge in [-0.2, -0.15) is 0 Å². The number of benzene rings is 1. The maximum absolute atomic E-state index is 13.0. The number of carbonyl (C=O) groups excluding carboxylic acids is 2. The second kappa shape index (κ2) is 8.64. The van der Waals surface area contributed by atoms with E-state index in [1.807, 2.05) is 41.8 Å². The number of thiophene rings is 1. The zero-order chi connectivity index (χ0) is 19.2. The number of rotatable bonds is 7. The van der Waals surface area contributed by atoms with Crippen LogP contribution in [-0.4, -0.2) is 35.0 Å². The normalized spacial score (nSPS) is 11.8. The number of hydrogen-bond donors (Lipinski definition) is 1. The van der Waals surface area contributed by atoms with Crippen LogP contribution in [0.2, 0.25) is 0 Å². The first kappa shape index (κ1) is 18.8. The Morgan fingerprint density at radius 1 is 1.22 bits per heavy atom. The van der Waals surface area contributed by atoms with Crippen molar-refractivity contribution in [2.24, 2.45) is 0 Å². The molecule has 1 atom stereocenters. The third-order valence-electron chi connectivity index (χ3n) is 4.08. The van der Waals surface area contributed by atoms with Crippen molar-refractivity contribution in [3.05, 3.63) is 75.8 Å². The molecule has 6 nitrogen and oxygen atoms in total. The maximum atomic E-state index is 13.0. The number of hydrogen-bond acceptors (Lipinski definition) is 5. The maximum Gasteiger partial charge on any atom is 0.262 e. The number of aryl methyl sites for hydroxylation is 1. The van der Waals surface area contributed by atoms with Crippen LogP contribution in [0.1, 0.15) is 26.7 Å². The Balaban J connectivity index is 1.74. The lowest BCUT2D eigenvalue weighted by molar-refractivity contribution is -0.132. The fourth-order valence-electron chi connectivity index (χ4n) is 2.77. The average Bonchev–Trinajstić information content (AvgIpc) is 3.33. The van der Waals surface area contributed by atoms with E-state index in [0.29, 0.717) is 29.3 Å². The largest absolute Gasteiger partial charge is 0.361 e. The number of aromatic nitrogens is 1. The Morgan fingerprint density at radius 2 is 2.00 bits per heavy atom. The van der Waals surface area contributed by atoms with E-state index in [4.69, 9.17) is 4.52 Å². The first-order chi connectivity index (χ1) is 13.0. The van der Waals surface area contributed by atoms with Gasteiger partial charge in [0, 0.05) is 19.5 Å². The lowest BCUT2D eigenvalue weighted by Crippen LogP contribution is -2.48. The summed E-state index contributed by atoms with van der Waals surface area (Å²) in [7, 11) is 1.70. The highest BCUT2D eigenvalue weighted by molar-refractivity contribution is 7.12. The van der Waals surface area contributed by atoms with Gasteiger partial charge in [-0.05, 0) is 23.9 Å². The predicted octanol–water partition coefficient (Wildman–Crippen LogP) is 3.04. The molecule has 2 heterocycles. The lowest BCUT2D eigenvalue weighted by atomic mass is 10.0. The predicted molar refractivity (Wildman–Crippen MR) is 103 cm³/mol. The third-order valence-corrected chi connectivity index (χ3v) is 4.95. The van der Waals surface area contributed by atoms with Crippen LogP contribution in [0.5, 0.6) is 0 Å². The van der Waals surface area contributed by atoms with Gasteiger partial charge in [0.05, 0.1) is 11.4 Å². The fraction of sp³-hybridized carbons (Fsp3) is 0.250. The van der Waals surface area contributed by atoms with Crippen molar-refractivity contribution < 1.29 is 14.1 Å². The molecular formula is C20H21N3O3S. The first-order valence-corrected chi connectivity index (χ1v) is 9.46. The highest BCUT2D eigenvalue weighted by Crippen LogP contribution is 2.12. The molecule has 0 saturated heterocycles. The molecule has 0 bridgehead atoms. The van der Waals surface area contributed by atoms with Crippen molar-refractivity contribution in [2.45, 2.75) is 25.9 Å². The van der Waals surface area contributed by atoms with Crippen LogP contribution >= 0.6 is 11.3 Å². The Hall–Kier alpha value is -2.93. The first-order valence-electron chi connectivity index (χ1n) is 8.58. The molecule has 0 aliphatic rings. The van der Waals surface area contributed by atoms with Gasteiger partial charge >= 0.3 is 0 Å². The molecule has 1 aromatic carbocycles. The van der Waals surface area contributed by atoms with Crippen molar-refractivity contribution in [1.82, 2.24) is 15.4 Å². The fourth-order valence-corrected chi connectivity index (χ4v) is 3.39. The highest BCUT2D eigenvalue weighted by Gasteiger charge is 2.25. The van der Waals surface area contributed by atoms with Crippen LogP contribution in [0.25, 0.3) is 0 Å². The molecule has 140 valence electrons. The summed E-state index contributed by atoms with van der Waals surface area (Å²) in [6.45, 7) is 2.12. The summed E-state index contributed by atoms with van der Waals surface area (Å²) in [5, 5.41) is 8.64. The molecule has 0 unspecified atom stereocenters. The van der Waals surface area contributed by atoms with Gasteiger partial charge in [0.1, 0.15) is 17.5 Å². The Bertz CT molecular complexity index is 890. The van der Waals surface area contributed by atoms with E-state index in [9.17, 15) is 9.59 Å². The Labute approximate surface area is 161 Å². The molecule has 0 radical (unpaired) electrons. The SMILES string of the molecule is Cc1cc(CN(C)C(=O)[C@H](Cc2ccccc2)NC(=O)c2cccs2)no1. The summed E-state index contributed by atoms with van der Waals surface area (Å²) >= 11 is 1.35. The molecule has 0 spiro atoms. The van der Waals surface area contributed by atoms with Crippen molar-refractivity contribution in [1.29, 1.82) is 0 Å². The topological polar surface area (TPSA) is 75.4 Å². The van der Waals surface area contributed by atoms with Gasteiger partial charge < -0.3 is 14.7 Å². The van der Waals surface area contributed by atoms with Gasteiger partial charge in [0.2, 0.25) is 5.91 Å². The molecule has 0 fully saturated rings. The molecular weight excluding hydrogens is 362 g/mol. The number of nitrogens with zero attached hydrogens (tertiary/aromatic N) is 2. The van der Waals surface area contributed by atoms with Crippen molar-refractivity contribution >= 4 is 23.2 Å². The third kappa shape index (κ3) is 5.04. The number of carbonyl (C=O) groups is 2. The van der Waals surface area contributed by atoms with E-state index < -0.39 is 6.04 Å².